The molecule has 0 aliphatic carbocycles. The van der Waals surface area contributed by atoms with Crippen LogP contribution < -0.4 is 15.0 Å². The molecule has 9 heteroatoms. The SMILES string of the molecule is N#Cc1cc2c(cc1F)Oc1ccccc1[C@@H]1[C@@H](NC(=O)C(F)(F)F)CCCN21. The summed E-state index contributed by atoms with van der Waals surface area (Å²) in [5.74, 6) is -2.23. The summed E-state index contributed by atoms with van der Waals surface area (Å²) >= 11 is 0. The van der Waals surface area contributed by atoms with Gasteiger partial charge in [0.05, 0.1) is 23.3 Å². The van der Waals surface area contributed by atoms with Gasteiger partial charge in [-0.15, -0.1) is 0 Å². The van der Waals surface area contributed by atoms with Gasteiger partial charge < -0.3 is 15.0 Å². The molecular formula is C20H15F4N3O2. The Labute approximate surface area is 163 Å². The third-order valence-corrected chi connectivity index (χ3v) is 5.14. The van der Waals surface area contributed by atoms with Gasteiger partial charge >= 0.3 is 12.1 Å². The number of nitriles is 1. The fourth-order valence-electron chi connectivity index (χ4n) is 3.92. The molecule has 1 amide bonds. The van der Waals surface area contributed by atoms with Crippen LogP contribution in [0.2, 0.25) is 0 Å². The number of hydrogen-bond donors (Lipinski definition) is 1. The topological polar surface area (TPSA) is 65.4 Å². The van der Waals surface area contributed by atoms with Gasteiger partial charge in [-0.1, -0.05) is 18.2 Å². The zero-order valence-corrected chi connectivity index (χ0v) is 15.0. The number of rotatable bonds is 1. The Bertz CT molecular complexity index is 1020. The van der Waals surface area contributed by atoms with Crippen molar-refractivity contribution in [1.29, 1.82) is 5.26 Å². The van der Waals surface area contributed by atoms with Crippen LogP contribution in [0.15, 0.2) is 36.4 Å². The Balaban J connectivity index is 1.85. The second-order valence-corrected chi connectivity index (χ2v) is 6.91. The molecule has 1 fully saturated rings. The van der Waals surface area contributed by atoms with E-state index in [-0.39, 0.29) is 11.3 Å². The van der Waals surface area contributed by atoms with Crippen molar-refractivity contribution in [3.63, 3.8) is 0 Å². The first kappa shape index (κ1) is 19.1. The summed E-state index contributed by atoms with van der Waals surface area (Å²) in [7, 11) is 0. The van der Waals surface area contributed by atoms with Crippen molar-refractivity contribution in [2.45, 2.75) is 31.1 Å². The lowest BCUT2D eigenvalue weighted by Gasteiger charge is -2.42. The summed E-state index contributed by atoms with van der Waals surface area (Å²) < 4.78 is 58.6. The van der Waals surface area contributed by atoms with Gasteiger partial charge in [0, 0.05) is 18.2 Å². The van der Waals surface area contributed by atoms with Gasteiger partial charge in [-0.05, 0) is 25.0 Å². The molecule has 2 aromatic rings. The summed E-state index contributed by atoms with van der Waals surface area (Å²) in [6.07, 6.45) is -4.17. The number of benzene rings is 2. The molecule has 4 rings (SSSR count). The number of carbonyl (C=O) groups is 1. The number of para-hydroxylation sites is 1. The summed E-state index contributed by atoms with van der Waals surface area (Å²) in [6, 6.07) is 9.45. The maximum Gasteiger partial charge on any atom is 0.471 e. The van der Waals surface area contributed by atoms with E-state index in [9.17, 15) is 27.6 Å². The first-order valence-corrected chi connectivity index (χ1v) is 8.94. The van der Waals surface area contributed by atoms with Crippen LogP contribution in [-0.4, -0.2) is 24.7 Å². The molecule has 0 aromatic heterocycles. The number of nitrogens with zero attached hydrogens (tertiary/aromatic N) is 2. The molecule has 150 valence electrons. The number of alkyl halides is 3. The van der Waals surface area contributed by atoms with E-state index in [1.807, 2.05) is 0 Å². The molecule has 0 saturated carbocycles. The summed E-state index contributed by atoms with van der Waals surface area (Å²) in [4.78, 5) is 13.4. The Morgan fingerprint density at radius 3 is 2.72 bits per heavy atom. The highest BCUT2D eigenvalue weighted by Gasteiger charge is 2.44. The van der Waals surface area contributed by atoms with Crippen molar-refractivity contribution >= 4 is 11.6 Å². The molecule has 0 spiro atoms. The number of carbonyl (C=O) groups excluding carboxylic acids is 1. The summed E-state index contributed by atoms with van der Waals surface area (Å²) in [5, 5.41) is 11.3. The Kier molecular flexibility index (Phi) is 4.57. The Morgan fingerprint density at radius 1 is 1.24 bits per heavy atom. The van der Waals surface area contributed by atoms with Gasteiger partial charge in [-0.3, -0.25) is 4.79 Å². The molecule has 29 heavy (non-hydrogen) atoms. The van der Waals surface area contributed by atoms with Gasteiger partial charge in [0.15, 0.2) is 5.75 Å². The number of fused-ring (bicyclic) bond motifs is 5. The highest BCUT2D eigenvalue weighted by atomic mass is 19.4. The second kappa shape index (κ2) is 6.95. The zero-order chi connectivity index (χ0) is 20.8. The first-order chi connectivity index (χ1) is 13.8. The van der Waals surface area contributed by atoms with Gasteiger partial charge in [-0.2, -0.15) is 18.4 Å². The summed E-state index contributed by atoms with van der Waals surface area (Å²) in [5.41, 5.74) is 0.781. The average molecular weight is 405 g/mol. The molecule has 5 nitrogen and oxygen atoms in total. The van der Waals surface area contributed by atoms with E-state index in [2.05, 4.69) is 5.32 Å². The molecule has 1 saturated heterocycles. The molecule has 2 heterocycles. The van der Waals surface area contributed by atoms with Crippen LogP contribution >= 0.6 is 0 Å². The van der Waals surface area contributed by atoms with E-state index in [1.54, 1.807) is 35.2 Å². The molecule has 2 atom stereocenters. The predicted molar refractivity (Wildman–Crippen MR) is 94.9 cm³/mol. The van der Waals surface area contributed by atoms with Crippen LogP contribution in [0.3, 0.4) is 0 Å². The van der Waals surface area contributed by atoms with Crippen LogP contribution in [0.4, 0.5) is 23.2 Å². The van der Waals surface area contributed by atoms with E-state index in [0.29, 0.717) is 36.4 Å². The monoisotopic (exact) mass is 405 g/mol. The Hall–Kier alpha value is -3.28. The van der Waals surface area contributed by atoms with Gasteiger partial charge in [-0.25, -0.2) is 4.39 Å². The van der Waals surface area contributed by atoms with Crippen molar-refractivity contribution in [3.8, 4) is 17.6 Å². The van der Waals surface area contributed by atoms with Gasteiger partial charge in [0.1, 0.15) is 17.6 Å². The lowest BCUT2D eigenvalue weighted by molar-refractivity contribution is -0.174. The second-order valence-electron chi connectivity index (χ2n) is 6.91. The number of halogens is 4. The highest BCUT2D eigenvalue weighted by Crippen LogP contribution is 2.48. The number of nitrogens with one attached hydrogen (secondary N) is 1. The van der Waals surface area contributed by atoms with E-state index >= 15 is 0 Å². The predicted octanol–water partition coefficient (Wildman–Crippen LogP) is 4.19. The molecule has 0 radical (unpaired) electrons. The molecule has 2 aliphatic rings. The van der Waals surface area contributed by atoms with Crippen molar-refractivity contribution < 1.29 is 27.1 Å². The smallest absolute Gasteiger partial charge is 0.455 e. The fraction of sp³-hybridized carbons (Fsp3) is 0.300. The Morgan fingerprint density at radius 2 is 2.00 bits per heavy atom. The number of ether oxygens (including phenoxy) is 1. The van der Waals surface area contributed by atoms with Crippen molar-refractivity contribution in [3.05, 3.63) is 53.3 Å². The van der Waals surface area contributed by atoms with Gasteiger partial charge in [0.2, 0.25) is 0 Å². The normalized spacial score (nSPS) is 20.3. The molecule has 0 unspecified atom stereocenters. The zero-order valence-electron chi connectivity index (χ0n) is 15.0. The van der Waals surface area contributed by atoms with E-state index < -0.39 is 30.0 Å². The molecular weight excluding hydrogens is 390 g/mol. The van der Waals surface area contributed by atoms with Crippen LogP contribution in [0.5, 0.6) is 11.5 Å². The lowest BCUT2D eigenvalue weighted by Crippen LogP contribution is -2.52. The highest BCUT2D eigenvalue weighted by molar-refractivity contribution is 5.82. The van der Waals surface area contributed by atoms with Gasteiger partial charge in [0.25, 0.3) is 0 Å². The van der Waals surface area contributed by atoms with Crippen LogP contribution in [0.25, 0.3) is 0 Å². The number of amides is 1. The van der Waals surface area contributed by atoms with Crippen LogP contribution in [0, 0.1) is 17.1 Å². The standard InChI is InChI=1S/C20H15F4N3O2/c21-13-9-17-15(8-11(13)10-25)27-7-3-5-14(26-19(28)20(22,23)24)18(27)12-4-1-2-6-16(12)29-17/h1-2,4,6,8-9,14,18H,3,5,7H2,(H,26,28)/t14-,18+/m0/s1. The van der Waals surface area contributed by atoms with Crippen LogP contribution in [-0.2, 0) is 4.79 Å². The first-order valence-electron chi connectivity index (χ1n) is 8.94. The number of hydrogen-bond acceptors (Lipinski definition) is 4. The van der Waals surface area contributed by atoms with Crippen molar-refractivity contribution in [1.82, 2.24) is 5.32 Å². The number of anilines is 1. The minimum absolute atomic E-state index is 0.166. The molecule has 2 aliphatic heterocycles. The summed E-state index contributed by atoms with van der Waals surface area (Å²) in [6.45, 7) is 0.449. The quantitative estimate of drug-likeness (QED) is 0.723. The van der Waals surface area contributed by atoms with E-state index in [4.69, 9.17) is 4.74 Å². The maximum absolute atomic E-state index is 14.2. The molecule has 0 bridgehead atoms. The van der Waals surface area contributed by atoms with E-state index in [1.165, 1.54) is 6.07 Å². The molecule has 2 aromatic carbocycles. The lowest BCUT2D eigenvalue weighted by atomic mass is 9.89. The van der Waals surface area contributed by atoms with E-state index in [0.717, 1.165) is 6.07 Å². The largest absolute Gasteiger partial charge is 0.471 e. The molecule has 1 N–H and O–H groups in total. The average Bonchev–Trinajstić information content (AvgIpc) is 2.81. The number of piperidine rings is 1. The van der Waals surface area contributed by atoms with Crippen molar-refractivity contribution in [2.75, 3.05) is 11.4 Å². The third-order valence-electron chi connectivity index (χ3n) is 5.14. The minimum atomic E-state index is -5.00. The third kappa shape index (κ3) is 3.35. The maximum atomic E-state index is 14.2. The fourth-order valence-corrected chi connectivity index (χ4v) is 3.92. The van der Waals surface area contributed by atoms with Crippen LogP contribution in [0.1, 0.15) is 30.0 Å². The van der Waals surface area contributed by atoms with Crippen molar-refractivity contribution in [2.24, 2.45) is 0 Å². The minimum Gasteiger partial charge on any atom is -0.455 e.